The van der Waals surface area contributed by atoms with Crippen LogP contribution in [0.25, 0.3) is 0 Å². The van der Waals surface area contributed by atoms with E-state index in [0.29, 0.717) is 12.0 Å². The smallest absolute Gasteiger partial charge is 0.341 e. The van der Waals surface area contributed by atoms with Gasteiger partial charge >= 0.3 is 6.18 Å². The normalized spacial score (nSPS) is 20.2. The maximum atomic E-state index is 12.7. The van der Waals surface area contributed by atoms with Crippen molar-refractivity contribution in [3.05, 3.63) is 35.4 Å². The molecule has 1 aliphatic rings. The van der Waals surface area contributed by atoms with Gasteiger partial charge in [0, 0.05) is 18.8 Å². The first-order valence-corrected chi connectivity index (χ1v) is 10.7. The molecule has 0 N–H and O–H groups in total. The van der Waals surface area contributed by atoms with E-state index in [2.05, 4.69) is 0 Å². The van der Waals surface area contributed by atoms with Crippen LogP contribution in [0.5, 0.6) is 0 Å². The molecule has 1 aromatic carbocycles. The third-order valence-electron chi connectivity index (χ3n) is 3.96. The van der Waals surface area contributed by atoms with Gasteiger partial charge in [-0.2, -0.15) is 13.2 Å². The summed E-state index contributed by atoms with van der Waals surface area (Å²) in [7, 11) is -1.49. The van der Waals surface area contributed by atoms with Crippen molar-refractivity contribution in [1.82, 2.24) is 4.90 Å². The highest BCUT2D eigenvalue weighted by molar-refractivity contribution is 8.02. The van der Waals surface area contributed by atoms with Crippen LogP contribution in [0.15, 0.2) is 24.3 Å². The summed E-state index contributed by atoms with van der Waals surface area (Å²) in [6.07, 6.45) is -3.05. The fourth-order valence-electron chi connectivity index (χ4n) is 2.62. The second-order valence-corrected chi connectivity index (χ2v) is 9.65. The largest absolute Gasteiger partial charge is 0.416 e. The highest BCUT2D eigenvalue weighted by atomic mass is 32.2. The molecule has 1 heterocycles. The molecule has 0 spiro atoms. The van der Waals surface area contributed by atoms with Crippen LogP contribution < -0.4 is 0 Å². The highest BCUT2D eigenvalue weighted by Crippen LogP contribution is 2.30. The number of carbonyl (C=O) groups is 1. The average Bonchev–Trinajstić information content (AvgIpc) is 2.51. The standard InChI is InChI=1S/C16H20F3NO3S2/c1-20(9-12-4-2-5-13(8-12)16(17,18)19)15(21)10-24-14-6-3-7-25(22,23)11-14/h2,4-5,8,14H,3,6-7,9-11H2,1H3. The summed E-state index contributed by atoms with van der Waals surface area (Å²) in [5, 5.41) is -0.0929. The Morgan fingerprint density at radius 3 is 2.72 bits per heavy atom. The van der Waals surface area contributed by atoms with Crippen LogP contribution in [-0.2, 0) is 27.4 Å². The third kappa shape index (κ3) is 6.22. The van der Waals surface area contributed by atoms with Crippen LogP contribution in [0.1, 0.15) is 24.0 Å². The van der Waals surface area contributed by atoms with Crippen molar-refractivity contribution in [3.8, 4) is 0 Å². The Hall–Kier alpha value is -1.22. The Morgan fingerprint density at radius 2 is 2.08 bits per heavy atom. The summed E-state index contributed by atoms with van der Waals surface area (Å²) in [6.45, 7) is 0.0757. The topological polar surface area (TPSA) is 54.5 Å². The Morgan fingerprint density at radius 1 is 1.36 bits per heavy atom. The van der Waals surface area contributed by atoms with Gasteiger partial charge in [-0.25, -0.2) is 8.42 Å². The molecule has 1 fully saturated rings. The molecule has 1 saturated heterocycles. The van der Waals surface area contributed by atoms with E-state index in [0.717, 1.165) is 18.6 Å². The van der Waals surface area contributed by atoms with Crippen LogP contribution in [0.2, 0.25) is 0 Å². The van der Waals surface area contributed by atoms with Crippen LogP contribution in [-0.4, -0.2) is 48.8 Å². The quantitative estimate of drug-likeness (QED) is 0.769. The molecule has 0 aromatic heterocycles. The molecule has 0 aliphatic carbocycles. The number of carbonyl (C=O) groups excluding carboxylic acids is 1. The van der Waals surface area contributed by atoms with Gasteiger partial charge in [-0.1, -0.05) is 12.1 Å². The summed E-state index contributed by atoms with van der Waals surface area (Å²) in [5.41, 5.74) is -0.344. The van der Waals surface area contributed by atoms with E-state index in [4.69, 9.17) is 0 Å². The fraction of sp³-hybridized carbons (Fsp3) is 0.562. The van der Waals surface area contributed by atoms with E-state index < -0.39 is 21.6 Å². The molecule has 140 valence electrons. The molecule has 0 saturated carbocycles. The van der Waals surface area contributed by atoms with Gasteiger partial charge in [0.2, 0.25) is 5.91 Å². The van der Waals surface area contributed by atoms with Gasteiger partial charge < -0.3 is 4.90 Å². The molecule has 1 amide bonds. The number of sulfone groups is 1. The number of nitrogens with zero attached hydrogens (tertiary/aromatic N) is 1. The highest BCUT2D eigenvalue weighted by Gasteiger charge is 2.30. The lowest BCUT2D eigenvalue weighted by molar-refractivity contribution is -0.137. The Bertz CT molecular complexity index is 720. The van der Waals surface area contributed by atoms with Crippen molar-refractivity contribution >= 4 is 27.5 Å². The van der Waals surface area contributed by atoms with Gasteiger partial charge in [0.05, 0.1) is 22.8 Å². The fourth-order valence-corrected chi connectivity index (χ4v) is 6.06. The predicted octanol–water partition coefficient (Wildman–Crippen LogP) is 2.97. The minimum Gasteiger partial charge on any atom is -0.341 e. The van der Waals surface area contributed by atoms with E-state index in [-0.39, 0.29) is 35.0 Å². The zero-order chi connectivity index (χ0) is 18.7. The average molecular weight is 395 g/mol. The maximum Gasteiger partial charge on any atom is 0.416 e. The Balaban J connectivity index is 1.88. The maximum absolute atomic E-state index is 12.7. The van der Waals surface area contributed by atoms with Crippen LogP contribution in [0.3, 0.4) is 0 Å². The van der Waals surface area contributed by atoms with Crippen molar-refractivity contribution in [1.29, 1.82) is 0 Å². The summed E-state index contributed by atoms with van der Waals surface area (Å²) < 4.78 is 61.3. The lowest BCUT2D eigenvalue weighted by Crippen LogP contribution is -2.31. The zero-order valence-corrected chi connectivity index (χ0v) is 15.4. The van der Waals surface area contributed by atoms with E-state index >= 15 is 0 Å². The molecule has 0 radical (unpaired) electrons. The minimum absolute atomic E-state index is 0.0757. The van der Waals surface area contributed by atoms with Crippen molar-refractivity contribution in [2.45, 2.75) is 30.8 Å². The Labute approximate surface area is 149 Å². The monoisotopic (exact) mass is 395 g/mol. The molecule has 2 rings (SSSR count). The van der Waals surface area contributed by atoms with E-state index in [1.54, 1.807) is 6.07 Å². The number of thioether (sulfide) groups is 1. The number of amides is 1. The number of hydrogen-bond acceptors (Lipinski definition) is 4. The van der Waals surface area contributed by atoms with Crippen LogP contribution >= 0.6 is 11.8 Å². The summed E-state index contributed by atoms with van der Waals surface area (Å²) in [5.74, 6) is 0.177. The lowest BCUT2D eigenvalue weighted by Gasteiger charge is -2.23. The van der Waals surface area contributed by atoms with Gasteiger partial charge in [-0.3, -0.25) is 4.79 Å². The number of hydrogen-bond donors (Lipinski definition) is 0. The predicted molar refractivity (Wildman–Crippen MR) is 92.1 cm³/mol. The summed E-state index contributed by atoms with van der Waals surface area (Å²) in [4.78, 5) is 13.5. The first kappa shape index (κ1) is 20.1. The van der Waals surface area contributed by atoms with Crippen molar-refractivity contribution in [2.24, 2.45) is 0 Å². The van der Waals surface area contributed by atoms with Crippen molar-refractivity contribution in [3.63, 3.8) is 0 Å². The van der Waals surface area contributed by atoms with Crippen molar-refractivity contribution < 1.29 is 26.4 Å². The van der Waals surface area contributed by atoms with E-state index in [1.165, 1.54) is 29.8 Å². The molecule has 1 aromatic rings. The van der Waals surface area contributed by atoms with Gasteiger partial charge in [0.25, 0.3) is 0 Å². The van der Waals surface area contributed by atoms with Crippen molar-refractivity contribution in [2.75, 3.05) is 24.3 Å². The summed E-state index contributed by atoms with van der Waals surface area (Å²) in [6, 6.07) is 4.88. The minimum atomic E-state index is -4.42. The number of halogens is 3. The molecular formula is C16H20F3NO3S2. The third-order valence-corrected chi connectivity index (χ3v) is 7.28. The molecule has 9 heteroatoms. The molecule has 0 bridgehead atoms. The molecule has 1 aliphatic heterocycles. The first-order chi connectivity index (χ1) is 11.6. The van der Waals surface area contributed by atoms with Gasteiger partial charge in [-0.15, -0.1) is 11.8 Å². The molecule has 1 atom stereocenters. The molecule has 25 heavy (non-hydrogen) atoms. The molecule has 4 nitrogen and oxygen atoms in total. The number of benzene rings is 1. The SMILES string of the molecule is CN(Cc1cccc(C(F)(F)F)c1)C(=O)CSC1CCCS(=O)(=O)C1. The van der Waals surface area contributed by atoms with E-state index in [9.17, 15) is 26.4 Å². The van der Waals surface area contributed by atoms with Crippen LogP contribution in [0, 0.1) is 0 Å². The second kappa shape index (κ2) is 7.99. The van der Waals surface area contributed by atoms with Gasteiger partial charge in [0.1, 0.15) is 0 Å². The number of rotatable bonds is 5. The second-order valence-electron chi connectivity index (χ2n) is 6.14. The Kier molecular flexibility index (Phi) is 6.42. The zero-order valence-electron chi connectivity index (χ0n) is 13.8. The lowest BCUT2D eigenvalue weighted by atomic mass is 10.1. The van der Waals surface area contributed by atoms with Gasteiger partial charge in [-0.05, 0) is 30.5 Å². The number of alkyl halides is 3. The van der Waals surface area contributed by atoms with E-state index in [1.807, 2.05) is 0 Å². The molecular weight excluding hydrogens is 375 g/mol. The van der Waals surface area contributed by atoms with Crippen LogP contribution in [0.4, 0.5) is 13.2 Å². The summed E-state index contributed by atoms with van der Waals surface area (Å²) >= 11 is 1.30. The molecule has 1 unspecified atom stereocenters. The first-order valence-electron chi connectivity index (χ1n) is 7.79. The van der Waals surface area contributed by atoms with Gasteiger partial charge in [0.15, 0.2) is 9.84 Å².